The van der Waals surface area contributed by atoms with Crippen LogP contribution in [0.15, 0.2) is 48.5 Å². The third-order valence-electron chi connectivity index (χ3n) is 6.35. The van der Waals surface area contributed by atoms with Crippen molar-refractivity contribution in [2.45, 2.75) is 44.1 Å². The first kappa shape index (κ1) is 20.4. The molecule has 0 spiro atoms. The minimum atomic E-state index is -0.219. The fraction of sp³-hybridized carbons (Fsp3) is 0.417. The van der Waals surface area contributed by atoms with Crippen molar-refractivity contribution in [2.75, 3.05) is 30.0 Å². The maximum Gasteiger partial charge on any atom is 0.329 e. The first-order chi connectivity index (χ1) is 14.5. The molecule has 1 saturated carbocycles. The topological polar surface area (TPSA) is 75.9 Å². The van der Waals surface area contributed by atoms with Gasteiger partial charge in [-0.25, -0.2) is 4.79 Å². The van der Waals surface area contributed by atoms with Gasteiger partial charge in [0.25, 0.3) is 0 Å². The predicted molar refractivity (Wildman–Crippen MR) is 118 cm³/mol. The number of nitrogens with zero attached hydrogens (tertiary/aromatic N) is 2. The van der Waals surface area contributed by atoms with E-state index in [9.17, 15) is 9.59 Å². The number of amides is 2. The lowest BCUT2D eigenvalue weighted by molar-refractivity contribution is -0.140. The molecule has 2 aromatic carbocycles. The fourth-order valence-electron chi connectivity index (χ4n) is 4.47. The molecule has 0 bridgehead atoms. The Morgan fingerprint density at radius 1 is 0.967 bits per heavy atom. The predicted octanol–water partition coefficient (Wildman–Crippen LogP) is 3.97. The Bertz CT molecular complexity index is 902. The zero-order chi connectivity index (χ0) is 21.1. The summed E-state index contributed by atoms with van der Waals surface area (Å²) in [4.78, 5) is 27.9. The van der Waals surface area contributed by atoms with Crippen molar-refractivity contribution in [1.82, 2.24) is 0 Å². The van der Waals surface area contributed by atoms with Crippen molar-refractivity contribution in [1.29, 1.82) is 0 Å². The second-order valence-corrected chi connectivity index (χ2v) is 8.24. The molecule has 4 rings (SSSR count). The molecule has 30 heavy (non-hydrogen) atoms. The van der Waals surface area contributed by atoms with Gasteiger partial charge in [0.15, 0.2) is 0 Å². The van der Waals surface area contributed by atoms with Crippen LogP contribution in [0.2, 0.25) is 0 Å². The Morgan fingerprint density at radius 2 is 1.50 bits per heavy atom. The molecule has 0 radical (unpaired) electrons. The monoisotopic (exact) mass is 407 g/mol. The van der Waals surface area contributed by atoms with E-state index >= 15 is 0 Å². The average molecular weight is 408 g/mol. The normalized spacial score (nSPS) is 18.1. The molecule has 0 unspecified atom stereocenters. The Morgan fingerprint density at radius 3 is 2.03 bits per heavy atom. The van der Waals surface area contributed by atoms with Gasteiger partial charge in [-0.3, -0.25) is 14.6 Å². The van der Waals surface area contributed by atoms with Crippen LogP contribution in [-0.2, 0) is 21.5 Å². The molecule has 0 aromatic heterocycles. The zero-order valence-corrected chi connectivity index (χ0v) is 17.5. The molecule has 2 amide bonds. The van der Waals surface area contributed by atoms with Crippen LogP contribution in [0.4, 0.5) is 16.2 Å². The number of aryl methyl sites for hydroxylation is 1. The van der Waals surface area contributed by atoms with Crippen LogP contribution in [-0.4, -0.2) is 32.2 Å². The molecule has 6 nitrogen and oxygen atoms in total. The van der Waals surface area contributed by atoms with Gasteiger partial charge in [0.05, 0.1) is 7.11 Å². The van der Waals surface area contributed by atoms with E-state index in [-0.39, 0.29) is 17.5 Å². The quantitative estimate of drug-likeness (QED) is 0.735. The lowest BCUT2D eigenvalue weighted by atomic mass is 9.89. The molecular weight excluding hydrogens is 378 g/mol. The molecule has 2 aromatic rings. The number of rotatable bonds is 6. The first-order valence-electron chi connectivity index (χ1n) is 10.6. The summed E-state index contributed by atoms with van der Waals surface area (Å²) < 4.78 is 4.68. The SMILES string of the molecule is COC(=O)CCc1ccc(N2CCN(c3ccc(C4(N)CCCC4)cc3)C2=O)cc1. The van der Waals surface area contributed by atoms with Crippen LogP contribution < -0.4 is 15.5 Å². The van der Waals surface area contributed by atoms with Crippen molar-refractivity contribution in [2.24, 2.45) is 5.73 Å². The van der Waals surface area contributed by atoms with Gasteiger partial charge in [-0.2, -0.15) is 0 Å². The van der Waals surface area contributed by atoms with Crippen LogP contribution in [0.3, 0.4) is 0 Å². The van der Waals surface area contributed by atoms with Gasteiger partial charge < -0.3 is 10.5 Å². The van der Waals surface area contributed by atoms with Gasteiger partial charge >= 0.3 is 12.0 Å². The van der Waals surface area contributed by atoms with E-state index in [1.54, 1.807) is 4.90 Å². The number of esters is 1. The number of carbonyl (C=O) groups is 2. The van der Waals surface area contributed by atoms with Gasteiger partial charge in [0, 0.05) is 36.4 Å². The Balaban J connectivity index is 1.41. The molecule has 2 N–H and O–H groups in total. The van der Waals surface area contributed by atoms with Gasteiger partial charge in [-0.05, 0) is 54.7 Å². The third kappa shape index (κ3) is 4.05. The number of nitrogens with two attached hydrogens (primary N) is 1. The van der Waals surface area contributed by atoms with E-state index < -0.39 is 0 Å². The number of methoxy groups -OCH3 is 1. The van der Waals surface area contributed by atoms with Gasteiger partial charge in [0.1, 0.15) is 0 Å². The van der Waals surface area contributed by atoms with Crippen LogP contribution in [0.1, 0.15) is 43.2 Å². The molecular formula is C24H29N3O3. The number of hydrogen-bond acceptors (Lipinski definition) is 4. The van der Waals surface area contributed by atoms with Crippen molar-refractivity contribution in [3.8, 4) is 0 Å². The number of ether oxygens (including phenoxy) is 1. The molecule has 1 aliphatic heterocycles. The van der Waals surface area contributed by atoms with E-state index in [0.717, 1.165) is 35.3 Å². The molecule has 158 valence electrons. The van der Waals surface area contributed by atoms with Crippen LogP contribution in [0.5, 0.6) is 0 Å². The maximum atomic E-state index is 13.0. The fourth-order valence-corrected chi connectivity index (χ4v) is 4.47. The van der Waals surface area contributed by atoms with E-state index in [1.807, 2.05) is 41.3 Å². The molecule has 6 heteroatoms. The molecule has 2 fully saturated rings. The van der Waals surface area contributed by atoms with Crippen LogP contribution in [0.25, 0.3) is 0 Å². The number of hydrogen-bond donors (Lipinski definition) is 1. The Kier molecular flexibility index (Phi) is 5.77. The highest BCUT2D eigenvalue weighted by Crippen LogP contribution is 2.37. The zero-order valence-electron chi connectivity index (χ0n) is 17.5. The second-order valence-electron chi connectivity index (χ2n) is 8.24. The lowest BCUT2D eigenvalue weighted by Gasteiger charge is -2.25. The highest BCUT2D eigenvalue weighted by molar-refractivity contribution is 6.06. The Hall–Kier alpha value is -2.86. The molecule has 1 saturated heterocycles. The highest BCUT2D eigenvalue weighted by Gasteiger charge is 2.33. The highest BCUT2D eigenvalue weighted by atomic mass is 16.5. The summed E-state index contributed by atoms with van der Waals surface area (Å²) in [6.07, 6.45) is 5.39. The average Bonchev–Trinajstić information content (AvgIpc) is 3.39. The summed E-state index contributed by atoms with van der Waals surface area (Å²) in [5, 5.41) is 0. The minimum absolute atomic E-state index is 0.0200. The molecule has 2 aliphatic rings. The minimum Gasteiger partial charge on any atom is -0.469 e. The van der Waals surface area contributed by atoms with Crippen molar-refractivity contribution in [3.05, 3.63) is 59.7 Å². The lowest BCUT2D eigenvalue weighted by Crippen LogP contribution is -2.33. The van der Waals surface area contributed by atoms with Crippen molar-refractivity contribution < 1.29 is 14.3 Å². The summed E-state index contributed by atoms with van der Waals surface area (Å²) in [5.74, 6) is -0.219. The number of urea groups is 1. The smallest absolute Gasteiger partial charge is 0.329 e. The second kappa shape index (κ2) is 8.48. The maximum absolute atomic E-state index is 13.0. The summed E-state index contributed by atoms with van der Waals surface area (Å²) in [6, 6.07) is 16.0. The van der Waals surface area contributed by atoms with Gasteiger partial charge in [-0.15, -0.1) is 0 Å². The van der Waals surface area contributed by atoms with E-state index in [4.69, 9.17) is 5.73 Å². The number of carbonyl (C=O) groups excluding carboxylic acids is 2. The standard InChI is InChI=1S/C24H29N3O3/c1-30-22(28)13-6-18-4-9-20(10-5-18)26-16-17-27(23(26)29)21-11-7-19(8-12-21)24(25)14-2-3-15-24/h4-5,7-12H,2-3,6,13-17,25H2,1H3. The summed E-state index contributed by atoms with van der Waals surface area (Å²) in [6.45, 7) is 1.29. The Labute approximate surface area is 177 Å². The van der Waals surface area contributed by atoms with E-state index in [0.29, 0.717) is 25.9 Å². The largest absolute Gasteiger partial charge is 0.469 e. The molecule has 0 atom stereocenters. The summed E-state index contributed by atoms with van der Waals surface area (Å²) >= 11 is 0. The summed E-state index contributed by atoms with van der Waals surface area (Å²) in [5.41, 5.74) is 10.3. The van der Waals surface area contributed by atoms with Gasteiger partial charge in [-0.1, -0.05) is 37.1 Å². The third-order valence-corrected chi connectivity index (χ3v) is 6.35. The number of benzene rings is 2. The van der Waals surface area contributed by atoms with E-state index in [1.165, 1.54) is 20.0 Å². The van der Waals surface area contributed by atoms with Crippen LogP contribution in [0, 0.1) is 0 Å². The first-order valence-corrected chi connectivity index (χ1v) is 10.6. The van der Waals surface area contributed by atoms with Gasteiger partial charge in [0.2, 0.25) is 0 Å². The number of anilines is 2. The van der Waals surface area contributed by atoms with Crippen molar-refractivity contribution >= 4 is 23.4 Å². The van der Waals surface area contributed by atoms with E-state index in [2.05, 4.69) is 16.9 Å². The van der Waals surface area contributed by atoms with Crippen LogP contribution >= 0.6 is 0 Å². The molecule has 1 heterocycles. The molecule has 1 aliphatic carbocycles. The van der Waals surface area contributed by atoms with Crippen molar-refractivity contribution in [3.63, 3.8) is 0 Å². The summed E-state index contributed by atoms with van der Waals surface area (Å²) in [7, 11) is 1.40.